The topological polar surface area (TPSA) is 87.0 Å². The number of hydrogen-bond acceptors (Lipinski definition) is 4. The number of sulfone groups is 1. The maximum atomic E-state index is 12.0. The van der Waals surface area contributed by atoms with Crippen molar-refractivity contribution >= 4 is 15.7 Å². The monoisotopic (exact) mass is 256 g/mol. The Bertz CT molecular complexity index is 471. The van der Waals surface area contributed by atoms with Gasteiger partial charge in [0.2, 0.25) is 5.91 Å². The summed E-state index contributed by atoms with van der Waals surface area (Å²) in [6.45, 7) is 2.00. The lowest BCUT2D eigenvalue weighted by Crippen LogP contribution is -2.51. The minimum atomic E-state index is -2.99. The van der Waals surface area contributed by atoms with Gasteiger partial charge in [-0.05, 0) is 25.2 Å². The first kappa shape index (κ1) is 12.4. The van der Waals surface area contributed by atoms with Crippen LogP contribution in [0.4, 0.5) is 0 Å². The van der Waals surface area contributed by atoms with Crippen molar-refractivity contribution in [1.29, 1.82) is 5.26 Å². The van der Waals surface area contributed by atoms with Crippen LogP contribution in [0.5, 0.6) is 0 Å². The summed E-state index contributed by atoms with van der Waals surface area (Å²) in [5, 5.41) is 11.8. The molecule has 1 atom stereocenters. The third-order valence-corrected chi connectivity index (χ3v) is 5.38. The summed E-state index contributed by atoms with van der Waals surface area (Å²) in [4.78, 5) is 12.0. The Hall–Kier alpha value is -1.09. The number of nitrogens with one attached hydrogen (secondary N) is 1. The third kappa shape index (κ3) is 2.29. The van der Waals surface area contributed by atoms with E-state index < -0.39 is 15.3 Å². The minimum absolute atomic E-state index is 0.00972. The van der Waals surface area contributed by atoms with Crippen LogP contribution in [0.3, 0.4) is 0 Å². The van der Waals surface area contributed by atoms with E-state index in [1.54, 1.807) is 0 Å². The number of rotatable bonds is 2. The fourth-order valence-electron chi connectivity index (χ4n) is 2.69. The molecule has 1 aliphatic heterocycles. The van der Waals surface area contributed by atoms with Crippen molar-refractivity contribution in [2.24, 2.45) is 11.3 Å². The van der Waals surface area contributed by atoms with E-state index in [9.17, 15) is 13.2 Å². The summed E-state index contributed by atoms with van der Waals surface area (Å²) < 4.78 is 22.5. The molecule has 1 heterocycles. The summed E-state index contributed by atoms with van der Waals surface area (Å²) in [6, 6.07) is 1.77. The van der Waals surface area contributed by atoms with Crippen LogP contribution in [-0.4, -0.2) is 31.9 Å². The summed E-state index contributed by atoms with van der Waals surface area (Å²) >= 11 is 0. The van der Waals surface area contributed by atoms with E-state index in [4.69, 9.17) is 5.26 Å². The van der Waals surface area contributed by atoms with Gasteiger partial charge in [0.25, 0.3) is 0 Å². The molecule has 2 fully saturated rings. The van der Waals surface area contributed by atoms with E-state index in [1.165, 1.54) is 0 Å². The molecule has 0 radical (unpaired) electrons. The zero-order chi connectivity index (χ0) is 12.7. The van der Waals surface area contributed by atoms with Crippen LogP contribution in [0.25, 0.3) is 0 Å². The van der Waals surface area contributed by atoms with E-state index >= 15 is 0 Å². The van der Waals surface area contributed by atoms with Gasteiger partial charge in [0, 0.05) is 6.04 Å². The van der Waals surface area contributed by atoms with Gasteiger partial charge in [-0.1, -0.05) is 6.92 Å². The van der Waals surface area contributed by atoms with Crippen molar-refractivity contribution < 1.29 is 13.2 Å². The lowest BCUT2D eigenvalue weighted by Gasteiger charge is -2.39. The van der Waals surface area contributed by atoms with E-state index in [-0.39, 0.29) is 23.5 Å². The molecule has 0 aromatic rings. The fourth-order valence-corrected chi connectivity index (χ4v) is 4.36. The first-order chi connectivity index (χ1) is 7.87. The number of carbonyl (C=O) groups is 1. The zero-order valence-electron chi connectivity index (χ0n) is 9.77. The first-order valence-corrected chi connectivity index (χ1v) is 7.62. The van der Waals surface area contributed by atoms with Crippen molar-refractivity contribution in [3.05, 3.63) is 0 Å². The molecule has 1 saturated carbocycles. The lowest BCUT2D eigenvalue weighted by atomic mass is 9.63. The molecule has 1 amide bonds. The van der Waals surface area contributed by atoms with Crippen molar-refractivity contribution in [2.45, 2.75) is 32.2 Å². The molecule has 1 unspecified atom stereocenters. The van der Waals surface area contributed by atoms with Gasteiger partial charge in [-0.2, -0.15) is 5.26 Å². The standard InChI is InChI=1S/C11H16N2O3S/c1-8-4-11(5-8,7-12)10(14)13-9-2-3-17(15,16)6-9/h8-9H,2-6H2,1H3,(H,13,14). The van der Waals surface area contributed by atoms with E-state index in [2.05, 4.69) is 11.4 Å². The number of hydrogen-bond donors (Lipinski definition) is 1. The molecular weight excluding hydrogens is 240 g/mol. The SMILES string of the molecule is CC1CC(C#N)(C(=O)NC2CCS(=O)(=O)C2)C1. The molecule has 2 rings (SSSR count). The normalized spacial score (nSPS) is 39.1. The largest absolute Gasteiger partial charge is 0.351 e. The Labute approximate surface area is 101 Å². The second kappa shape index (κ2) is 3.98. The maximum Gasteiger partial charge on any atom is 0.240 e. The van der Waals surface area contributed by atoms with Crippen LogP contribution in [0, 0.1) is 22.7 Å². The van der Waals surface area contributed by atoms with E-state index in [0.717, 1.165) is 0 Å². The van der Waals surface area contributed by atoms with Crippen LogP contribution < -0.4 is 5.32 Å². The smallest absolute Gasteiger partial charge is 0.240 e. The predicted octanol–water partition coefficient (Wildman–Crippen LogP) is 0.230. The van der Waals surface area contributed by atoms with Gasteiger partial charge in [-0.15, -0.1) is 0 Å². The van der Waals surface area contributed by atoms with Crippen molar-refractivity contribution in [1.82, 2.24) is 5.32 Å². The molecule has 5 nitrogen and oxygen atoms in total. The molecule has 0 aromatic heterocycles. The van der Waals surface area contributed by atoms with Gasteiger partial charge in [0.05, 0.1) is 17.6 Å². The second-order valence-corrected chi connectivity index (χ2v) is 7.51. The second-order valence-electron chi connectivity index (χ2n) is 5.28. The molecular formula is C11H16N2O3S. The van der Waals surface area contributed by atoms with Crippen molar-refractivity contribution in [3.63, 3.8) is 0 Å². The fraction of sp³-hybridized carbons (Fsp3) is 0.818. The van der Waals surface area contributed by atoms with Gasteiger partial charge >= 0.3 is 0 Å². The average Bonchev–Trinajstić information content (AvgIpc) is 2.52. The lowest BCUT2D eigenvalue weighted by molar-refractivity contribution is -0.134. The van der Waals surface area contributed by atoms with Crippen LogP contribution in [-0.2, 0) is 14.6 Å². The average molecular weight is 256 g/mol. The van der Waals surface area contributed by atoms with Crippen LogP contribution in [0.15, 0.2) is 0 Å². The molecule has 1 aliphatic carbocycles. The molecule has 0 aromatic carbocycles. The molecule has 17 heavy (non-hydrogen) atoms. The molecule has 0 spiro atoms. The van der Waals surface area contributed by atoms with Gasteiger partial charge in [0.1, 0.15) is 5.41 Å². The number of nitriles is 1. The van der Waals surface area contributed by atoms with E-state index in [0.29, 0.717) is 25.2 Å². The summed E-state index contributed by atoms with van der Waals surface area (Å²) in [5.41, 5.74) is -0.911. The Morgan fingerprint density at radius 3 is 2.53 bits per heavy atom. The predicted molar refractivity (Wildman–Crippen MR) is 61.6 cm³/mol. The molecule has 0 bridgehead atoms. The molecule has 94 valence electrons. The highest BCUT2D eigenvalue weighted by Crippen LogP contribution is 2.45. The molecule has 2 aliphatic rings. The molecule has 6 heteroatoms. The highest BCUT2D eigenvalue weighted by Gasteiger charge is 2.49. The van der Waals surface area contributed by atoms with E-state index in [1.807, 2.05) is 6.92 Å². The number of nitrogens with zero attached hydrogens (tertiary/aromatic N) is 1. The Morgan fingerprint density at radius 1 is 1.47 bits per heavy atom. The number of amides is 1. The Balaban J connectivity index is 1.97. The van der Waals surface area contributed by atoms with Crippen molar-refractivity contribution in [2.75, 3.05) is 11.5 Å². The zero-order valence-corrected chi connectivity index (χ0v) is 10.6. The van der Waals surface area contributed by atoms with Crippen LogP contribution in [0.1, 0.15) is 26.2 Å². The van der Waals surface area contributed by atoms with Crippen LogP contribution in [0.2, 0.25) is 0 Å². The minimum Gasteiger partial charge on any atom is -0.351 e. The van der Waals surface area contributed by atoms with Crippen LogP contribution >= 0.6 is 0 Å². The highest BCUT2D eigenvalue weighted by molar-refractivity contribution is 7.91. The Morgan fingerprint density at radius 2 is 2.12 bits per heavy atom. The highest BCUT2D eigenvalue weighted by atomic mass is 32.2. The number of carbonyl (C=O) groups excluding carboxylic acids is 1. The maximum absolute atomic E-state index is 12.0. The van der Waals surface area contributed by atoms with Gasteiger partial charge in [0.15, 0.2) is 9.84 Å². The van der Waals surface area contributed by atoms with Crippen molar-refractivity contribution in [3.8, 4) is 6.07 Å². The quantitative estimate of drug-likeness (QED) is 0.766. The summed E-state index contributed by atoms with van der Waals surface area (Å²) in [6.07, 6.45) is 1.62. The van der Waals surface area contributed by atoms with Gasteiger partial charge < -0.3 is 5.32 Å². The molecule has 1 saturated heterocycles. The first-order valence-electron chi connectivity index (χ1n) is 5.79. The summed E-state index contributed by atoms with van der Waals surface area (Å²) in [7, 11) is -2.99. The van der Waals surface area contributed by atoms with Gasteiger partial charge in [-0.3, -0.25) is 4.79 Å². The molecule has 1 N–H and O–H groups in total. The third-order valence-electron chi connectivity index (χ3n) is 3.61. The summed E-state index contributed by atoms with van der Waals surface area (Å²) in [5.74, 6) is 0.247. The van der Waals surface area contributed by atoms with Gasteiger partial charge in [-0.25, -0.2) is 8.42 Å². The Kier molecular flexibility index (Phi) is 2.90.